The van der Waals surface area contributed by atoms with Crippen LogP contribution in [0, 0.1) is 0 Å². The van der Waals surface area contributed by atoms with E-state index in [0.717, 1.165) is 38.2 Å². The van der Waals surface area contributed by atoms with E-state index in [4.69, 9.17) is 21.1 Å². The number of halogens is 1. The Balaban J connectivity index is 1.50. The Bertz CT molecular complexity index is 957. The van der Waals surface area contributed by atoms with E-state index in [-0.39, 0.29) is 28.1 Å². The van der Waals surface area contributed by atoms with Gasteiger partial charge in [-0.25, -0.2) is 17.9 Å². The van der Waals surface area contributed by atoms with Crippen molar-refractivity contribution >= 4 is 33.5 Å². The van der Waals surface area contributed by atoms with Crippen LogP contribution in [0.4, 0.5) is 0 Å². The fraction of sp³-hybridized carbons (Fsp3) is 0.545. The van der Waals surface area contributed by atoms with E-state index in [2.05, 4.69) is 16.1 Å². The third kappa shape index (κ3) is 7.30. The predicted molar refractivity (Wildman–Crippen MR) is 120 cm³/mol. The summed E-state index contributed by atoms with van der Waals surface area (Å²) in [6.07, 6.45) is 9.05. The van der Waals surface area contributed by atoms with Gasteiger partial charge >= 0.3 is 5.97 Å². The van der Waals surface area contributed by atoms with Crippen LogP contribution in [0.15, 0.2) is 34.7 Å². The number of amides is 1. The van der Waals surface area contributed by atoms with Gasteiger partial charge in [0, 0.05) is 19.7 Å². The van der Waals surface area contributed by atoms with Crippen LogP contribution in [0.25, 0.3) is 0 Å². The zero-order valence-electron chi connectivity index (χ0n) is 17.9. The van der Waals surface area contributed by atoms with Crippen molar-refractivity contribution in [2.24, 2.45) is 0 Å². The van der Waals surface area contributed by atoms with Gasteiger partial charge < -0.3 is 14.8 Å². The number of sulfonamides is 1. The maximum Gasteiger partial charge on any atom is 0.338 e. The number of hydrogen-bond acceptors (Lipinski definition) is 6. The van der Waals surface area contributed by atoms with Gasteiger partial charge in [0.05, 0.1) is 16.7 Å². The first-order chi connectivity index (χ1) is 15.3. The molecule has 8 nitrogen and oxygen atoms in total. The highest BCUT2D eigenvalue weighted by Crippen LogP contribution is 2.24. The van der Waals surface area contributed by atoms with Crippen LogP contribution in [0.1, 0.15) is 55.3 Å². The second kappa shape index (κ2) is 11.8. The van der Waals surface area contributed by atoms with Crippen molar-refractivity contribution in [1.82, 2.24) is 10.0 Å². The first-order valence-corrected chi connectivity index (χ1v) is 12.7. The molecule has 0 radical (unpaired) electrons. The zero-order valence-corrected chi connectivity index (χ0v) is 19.5. The molecule has 176 valence electrons. The molecule has 1 amide bonds. The highest BCUT2D eigenvalue weighted by Gasteiger charge is 2.24. The molecule has 1 unspecified atom stereocenters. The normalized spacial score (nSPS) is 18.8. The van der Waals surface area contributed by atoms with Crippen LogP contribution in [-0.4, -0.2) is 52.7 Å². The second-order valence-corrected chi connectivity index (χ2v) is 10.1. The van der Waals surface area contributed by atoms with E-state index in [1.807, 2.05) is 0 Å². The summed E-state index contributed by atoms with van der Waals surface area (Å²) in [5.74, 6) is -1.21. The molecule has 1 aliphatic heterocycles. The number of carbonyl (C=O) groups is 2. The van der Waals surface area contributed by atoms with E-state index >= 15 is 0 Å². The van der Waals surface area contributed by atoms with Crippen LogP contribution in [0.5, 0.6) is 0 Å². The lowest BCUT2D eigenvalue weighted by molar-refractivity contribution is -0.124. The summed E-state index contributed by atoms with van der Waals surface area (Å²) in [6.45, 7) is 0.784. The zero-order chi connectivity index (χ0) is 23.0. The van der Waals surface area contributed by atoms with Crippen molar-refractivity contribution in [3.8, 4) is 0 Å². The standard InChI is InChI=1S/C22H29ClN2O6S/c23-19-9-8-17(13-20(19)32(28,29)25-14-18-7-4-12-30-18)22(27)31-15-21(26)24-11-10-16-5-2-1-3-6-16/h5,8-9,13,18,25H,1-4,6-7,10-12,14-15H2,(H,24,26). The molecule has 0 saturated carbocycles. The van der Waals surface area contributed by atoms with Crippen molar-refractivity contribution in [3.63, 3.8) is 0 Å². The first-order valence-electron chi connectivity index (χ1n) is 10.9. The van der Waals surface area contributed by atoms with Gasteiger partial charge in [-0.3, -0.25) is 4.79 Å². The smallest absolute Gasteiger partial charge is 0.338 e. The maximum absolute atomic E-state index is 12.6. The molecule has 10 heteroatoms. The third-order valence-electron chi connectivity index (χ3n) is 5.47. The van der Waals surface area contributed by atoms with E-state index < -0.39 is 28.5 Å². The largest absolute Gasteiger partial charge is 0.452 e. The lowest BCUT2D eigenvalue weighted by Crippen LogP contribution is -2.32. The minimum atomic E-state index is -3.94. The molecular formula is C22H29ClN2O6S. The molecular weight excluding hydrogens is 456 g/mol. The van der Waals surface area contributed by atoms with E-state index in [1.54, 1.807) is 0 Å². The summed E-state index contributed by atoms with van der Waals surface area (Å²) in [6, 6.07) is 3.82. The molecule has 2 N–H and O–H groups in total. The van der Waals surface area contributed by atoms with Crippen LogP contribution in [0.2, 0.25) is 5.02 Å². The lowest BCUT2D eigenvalue weighted by atomic mass is 9.97. The van der Waals surface area contributed by atoms with Gasteiger partial charge in [0.2, 0.25) is 10.0 Å². The van der Waals surface area contributed by atoms with E-state index in [9.17, 15) is 18.0 Å². The SMILES string of the molecule is O=C(COC(=O)c1ccc(Cl)c(S(=O)(=O)NCC2CCCO2)c1)NCCC1=CCCCC1. The number of carbonyl (C=O) groups excluding carboxylic acids is 2. The summed E-state index contributed by atoms with van der Waals surface area (Å²) < 4.78 is 38.2. The molecule has 2 aliphatic rings. The van der Waals surface area contributed by atoms with Gasteiger partial charge in [0.15, 0.2) is 6.61 Å². The highest BCUT2D eigenvalue weighted by atomic mass is 35.5. The fourth-order valence-electron chi connectivity index (χ4n) is 3.68. The Kier molecular flexibility index (Phi) is 9.10. The van der Waals surface area contributed by atoms with Gasteiger partial charge in [0.25, 0.3) is 5.91 Å². The average Bonchev–Trinajstić information content (AvgIpc) is 3.31. The first kappa shape index (κ1) is 24.7. The van der Waals surface area contributed by atoms with Crippen molar-refractivity contribution < 1.29 is 27.5 Å². The molecule has 1 aromatic rings. The second-order valence-electron chi connectivity index (χ2n) is 7.92. The maximum atomic E-state index is 12.6. The summed E-state index contributed by atoms with van der Waals surface area (Å²) in [7, 11) is -3.94. The summed E-state index contributed by atoms with van der Waals surface area (Å²) in [5.41, 5.74) is 1.34. The number of esters is 1. The minimum absolute atomic E-state index is 0.00736. The summed E-state index contributed by atoms with van der Waals surface area (Å²) >= 11 is 6.06. The van der Waals surface area contributed by atoms with Crippen LogP contribution in [-0.2, 0) is 24.3 Å². The lowest BCUT2D eigenvalue weighted by Gasteiger charge is -2.13. The van der Waals surface area contributed by atoms with Gasteiger partial charge in [-0.2, -0.15) is 0 Å². The molecule has 0 aromatic heterocycles. The molecule has 1 aromatic carbocycles. The van der Waals surface area contributed by atoms with E-state index in [0.29, 0.717) is 13.2 Å². The van der Waals surface area contributed by atoms with Crippen LogP contribution in [0.3, 0.4) is 0 Å². The molecule has 0 bridgehead atoms. The number of benzene rings is 1. The van der Waals surface area contributed by atoms with Crippen LogP contribution < -0.4 is 10.0 Å². The number of ether oxygens (including phenoxy) is 2. The number of rotatable bonds is 10. The average molecular weight is 485 g/mol. The molecule has 1 fully saturated rings. The summed E-state index contributed by atoms with van der Waals surface area (Å²) in [4.78, 5) is 24.1. The number of hydrogen-bond donors (Lipinski definition) is 2. The van der Waals surface area contributed by atoms with Gasteiger partial charge in [-0.1, -0.05) is 23.3 Å². The quantitative estimate of drug-likeness (QED) is 0.390. The Morgan fingerprint density at radius 2 is 2.06 bits per heavy atom. The van der Waals surface area contributed by atoms with Gasteiger partial charge in [-0.15, -0.1) is 0 Å². The predicted octanol–water partition coefficient (Wildman–Crippen LogP) is 2.96. The Morgan fingerprint density at radius 3 is 2.78 bits per heavy atom. The Morgan fingerprint density at radius 1 is 1.22 bits per heavy atom. The van der Waals surface area contributed by atoms with Gasteiger partial charge in [0.1, 0.15) is 4.90 Å². The number of nitrogens with one attached hydrogen (secondary N) is 2. The summed E-state index contributed by atoms with van der Waals surface area (Å²) in [5, 5.41) is 2.71. The van der Waals surface area contributed by atoms with Crippen molar-refractivity contribution in [2.75, 3.05) is 26.3 Å². The molecule has 32 heavy (non-hydrogen) atoms. The van der Waals surface area contributed by atoms with Crippen molar-refractivity contribution in [2.45, 2.75) is 55.9 Å². The van der Waals surface area contributed by atoms with E-state index in [1.165, 1.54) is 30.5 Å². The third-order valence-corrected chi connectivity index (χ3v) is 7.37. The van der Waals surface area contributed by atoms with Gasteiger partial charge in [-0.05, 0) is 63.1 Å². The molecule has 1 saturated heterocycles. The molecule has 1 aliphatic carbocycles. The molecule has 0 spiro atoms. The molecule has 1 atom stereocenters. The highest BCUT2D eigenvalue weighted by molar-refractivity contribution is 7.89. The Labute approximate surface area is 193 Å². The molecule has 1 heterocycles. The minimum Gasteiger partial charge on any atom is -0.452 e. The van der Waals surface area contributed by atoms with Crippen molar-refractivity contribution in [3.05, 3.63) is 40.4 Å². The van der Waals surface area contributed by atoms with Crippen LogP contribution >= 0.6 is 11.6 Å². The monoisotopic (exact) mass is 484 g/mol. The topological polar surface area (TPSA) is 111 Å². The number of allylic oxidation sites excluding steroid dienone is 1. The Hall–Kier alpha value is -1.94. The van der Waals surface area contributed by atoms with Crippen molar-refractivity contribution in [1.29, 1.82) is 0 Å². The fourth-order valence-corrected chi connectivity index (χ4v) is 5.27. The molecule has 3 rings (SSSR count).